The minimum atomic E-state index is -0.154. The molecule has 6 heteroatoms. The average Bonchev–Trinajstić information content (AvgIpc) is 2.50. The van der Waals surface area contributed by atoms with E-state index in [2.05, 4.69) is 15.5 Å². The molecule has 0 atom stereocenters. The fourth-order valence-electron chi connectivity index (χ4n) is 2.20. The molecule has 0 aliphatic carbocycles. The zero-order chi connectivity index (χ0) is 15.8. The maximum atomic E-state index is 11.9. The van der Waals surface area contributed by atoms with Crippen molar-refractivity contribution in [2.24, 2.45) is 0 Å². The number of hydrogen-bond acceptors (Lipinski definition) is 4. The smallest absolute Gasteiger partial charge is 0.250 e. The number of amides is 1. The molecule has 1 heterocycles. The van der Waals surface area contributed by atoms with Crippen LogP contribution in [0.25, 0.3) is 0 Å². The Kier molecular flexibility index (Phi) is 6.71. The molecule has 0 aromatic heterocycles. The molecular weight excluding hydrogens is 302 g/mol. The van der Waals surface area contributed by atoms with Crippen molar-refractivity contribution < 1.29 is 9.53 Å². The van der Waals surface area contributed by atoms with E-state index in [1.807, 2.05) is 6.92 Å². The molecule has 0 bridgehead atoms. The van der Waals surface area contributed by atoms with Crippen molar-refractivity contribution in [3.63, 3.8) is 0 Å². The van der Waals surface area contributed by atoms with E-state index in [0.29, 0.717) is 5.02 Å². The molecule has 22 heavy (non-hydrogen) atoms. The Balaban J connectivity index is 1.71. The van der Waals surface area contributed by atoms with Crippen LogP contribution in [0.4, 0.5) is 5.69 Å². The van der Waals surface area contributed by atoms with Gasteiger partial charge in [-0.25, -0.2) is 0 Å². The SMILES string of the molecule is CC(=CC(=O)Nc1ccc(Cl)cc1)NCCN1CCOCC1. The van der Waals surface area contributed by atoms with Gasteiger partial charge in [-0.05, 0) is 31.2 Å². The Labute approximate surface area is 136 Å². The van der Waals surface area contributed by atoms with Crippen LogP contribution < -0.4 is 10.6 Å². The second-order valence-electron chi connectivity index (χ2n) is 5.20. The normalized spacial score (nSPS) is 16.4. The number of carbonyl (C=O) groups is 1. The van der Waals surface area contributed by atoms with Gasteiger partial charge in [0.05, 0.1) is 13.2 Å². The number of nitrogens with one attached hydrogen (secondary N) is 2. The number of benzene rings is 1. The Morgan fingerprint density at radius 1 is 1.32 bits per heavy atom. The van der Waals surface area contributed by atoms with Gasteiger partial charge in [0, 0.05) is 48.7 Å². The van der Waals surface area contributed by atoms with Crippen LogP contribution in [-0.2, 0) is 9.53 Å². The Morgan fingerprint density at radius 2 is 2.00 bits per heavy atom. The standard InChI is InChI=1S/C16H22ClN3O2/c1-13(18-6-7-20-8-10-22-11-9-20)12-16(21)19-15-4-2-14(17)3-5-15/h2-5,12,18H,6-11H2,1H3,(H,19,21). The van der Waals surface area contributed by atoms with Gasteiger partial charge in [-0.15, -0.1) is 0 Å². The number of allylic oxidation sites excluding steroid dienone is 1. The van der Waals surface area contributed by atoms with Gasteiger partial charge in [-0.2, -0.15) is 0 Å². The molecule has 2 N–H and O–H groups in total. The maximum Gasteiger partial charge on any atom is 0.250 e. The van der Waals surface area contributed by atoms with Crippen molar-refractivity contribution in [3.8, 4) is 0 Å². The van der Waals surface area contributed by atoms with E-state index in [-0.39, 0.29) is 5.91 Å². The first kappa shape index (κ1) is 16.8. The van der Waals surface area contributed by atoms with Crippen LogP contribution in [0.1, 0.15) is 6.92 Å². The lowest BCUT2D eigenvalue weighted by Crippen LogP contribution is -2.40. The van der Waals surface area contributed by atoms with E-state index in [9.17, 15) is 4.79 Å². The number of hydrogen-bond donors (Lipinski definition) is 2. The van der Waals surface area contributed by atoms with Crippen LogP contribution >= 0.6 is 11.6 Å². The Bertz CT molecular complexity index is 511. The highest BCUT2D eigenvalue weighted by Gasteiger charge is 2.09. The molecule has 5 nitrogen and oxygen atoms in total. The van der Waals surface area contributed by atoms with Gasteiger partial charge in [0.15, 0.2) is 0 Å². The molecule has 1 amide bonds. The number of carbonyl (C=O) groups excluding carboxylic acids is 1. The molecular formula is C16H22ClN3O2. The Morgan fingerprint density at radius 3 is 2.68 bits per heavy atom. The lowest BCUT2D eigenvalue weighted by molar-refractivity contribution is -0.112. The van der Waals surface area contributed by atoms with Crippen LogP contribution in [-0.4, -0.2) is 50.2 Å². The second kappa shape index (κ2) is 8.78. The van der Waals surface area contributed by atoms with Crippen LogP contribution in [0.3, 0.4) is 0 Å². The van der Waals surface area contributed by atoms with Crippen LogP contribution in [0.2, 0.25) is 5.02 Å². The summed E-state index contributed by atoms with van der Waals surface area (Å²) >= 11 is 5.81. The molecule has 1 aromatic carbocycles. The summed E-state index contributed by atoms with van der Waals surface area (Å²) in [7, 11) is 0. The number of rotatable bonds is 6. The van der Waals surface area contributed by atoms with Gasteiger partial charge in [0.25, 0.3) is 0 Å². The van der Waals surface area contributed by atoms with Crippen LogP contribution in [0.15, 0.2) is 36.0 Å². The largest absolute Gasteiger partial charge is 0.387 e. The van der Waals surface area contributed by atoms with Gasteiger partial charge in [-0.1, -0.05) is 11.6 Å². The van der Waals surface area contributed by atoms with Crippen molar-refractivity contribution in [1.82, 2.24) is 10.2 Å². The fourth-order valence-corrected chi connectivity index (χ4v) is 2.32. The predicted molar refractivity (Wildman–Crippen MR) is 89.1 cm³/mol. The second-order valence-corrected chi connectivity index (χ2v) is 5.64. The molecule has 120 valence electrons. The number of anilines is 1. The summed E-state index contributed by atoms with van der Waals surface area (Å²) in [6.45, 7) is 7.21. The van der Waals surface area contributed by atoms with Crippen LogP contribution in [0, 0.1) is 0 Å². The summed E-state index contributed by atoms with van der Waals surface area (Å²) in [5.41, 5.74) is 1.58. The van der Waals surface area contributed by atoms with Crippen molar-refractivity contribution in [2.45, 2.75) is 6.92 Å². The number of ether oxygens (including phenoxy) is 1. The summed E-state index contributed by atoms with van der Waals surface area (Å²) in [5, 5.41) is 6.70. The molecule has 0 spiro atoms. The molecule has 0 radical (unpaired) electrons. The van der Waals surface area contributed by atoms with Crippen molar-refractivity contribution in [2.75, 3.05) is 44.7 Å². The summed E-state index contributed by atoms with van der Waals surface area (Å²) in [4.78, 5) is 14.2. The van der Waals surface area contributed by atoms with E-state index in [1.54, 1.807) is 30.3 Å². The minimum absolute atomic E-state index is 0.154. The summed E-state index contributed by atoms with van der Waals surface area (Å²) < 4.78 is 5.31. The third-order valence-electron chi connectivity index (χ3n) is 3.39. The Hall–Kier alpha value is -1.56. The first-order chi connectivity index (χ1) is 10.6. The average molecular weight is 324 g/mol. The number of nitrogens with zero attached hydrogens (tertiary/aromatic N) is 1. The fraction of sp³-hybridized carbons (Fsp3) is 0.438. The van der Waals surface area contributed by atoms with Gasteiger partial charge in [0.1, 0.15) is 0 Å². The number of morpholine rings is 1. The molecule has 2 rings (SSSR count). The number of halogens is 1. The monoisotopic (exact) mass is 323 g/mol. The highest BCUT2D eigenvalue weighted by Crippen LogP contribution is 2.13. The highest BCUT2D eigenvalue weighted by molar-refractivity contribution is 6.30. The van der Waals surface area contributed by atoms with Crippen LogP contribution in [0.5, 0.6) is 0 Å². The third-order valence-corrected chi connectivity index (χ3v) is 3.65. The van der Waals surface area contributed by atoms with Gasteiger partial charge < -0.3 is 15.4 Å². The molecule has 0 unspecified atom stereocenters. The van der Waals surface area contributed by atoms with Crippen molar-refractivity contribution in [1.29, 1.82) is 0 Å². The first-order valence-electron chi connectivity index (χ1n) is 7.42. The topological polar surface area (TPSA) is 53.6 Å². The van der Waals surface area contributed by atoms with Gasteiger partial charge in [0.2, 0.25) is 5.91 Å². The lowest BCUT2D eigenvalue weighted by atomic mass is 10.3. The summed E-state index contributed by atoms with van der Waals surface area (Å²) in [6, 6.07) is 7.03. The van der Waals surface area contributed by atoms with Gasteiger partial charge >= 0.3 is 0 Å². The quantitative estimate of drug-likeness (QED) is 0.787. The van der Waals surface area contributed by atoms with E-state index in [0.717, 1.165) is 50.8 Å². The predicted octanol–water partition coefficient (Wildman–Crippen LogP) is 2.10. The lowest BCUT2D eigenvalue weighted by Gasteiger charge is -2.26. The molecule has 1 fully saturated rings. The summed E-state index contributed by atoms with van der Waals surface area (Å²) in [5.74, 6) is -0.154. The van der Waals surface area contributed by atoms with E-state index < -0.39 is 0 Å². The van der Waals surface area contributed by atoms with Crippen molar-refractivity contribution in [3.05, 3.63) is 41.1 Å². The highest BCUT2D eigenvalue weighted by atomic mass is 35.5. The zero-order valence-electron chi connectivity index (χ0n) is 12.8. The van der Waals surface area contributed by atoms with Crippen molar-refractivity contribution >= 4 is 23.2 Å². The minimum Gasteiger partial charge on any atom is -0.387 e. The summed E-state index contributed by atoms with van der Waals surface area (Å²) in [6.07, 6.45) is 1.56. The molecule has 1 aliphatic rings. The van der Waals surface area contributed by atoms with E-state index in [1.165, 1.54) is 0 Å². The van der Waals surface area contributed by atoms with E-state index in [4.69, 9.17) is 16.3 Å². The maximum absolute atomic E-state index is 11.9. The molecule has 1 saturated heterocycles. The molecule has 0 saturated carbocycles. The zero-order valence-corrected chi connectivity index (χ0v) is 13.5. The first-order valence-corrected chi connectivity index (χ1v) is 7.80. The molecule has 1 aliphatic heterocycles. The van der Waals surface area contributed by atoms with E-state index >= 15 is 0 Å². The third kappa shape index (κ3) is 6.05. The van der Waals surface area contributed by atoms with Gasteiger partial charge in [-0.3, -0.25) is 9.69 Å². The molecule has 1 aromatic rings.